The highest BCUT2D eigenvalue weighted by atomic mass is 79.9. The van der Waals surface area contributed by atoms with Crippen molar-refractivity contribution in [2.24, 2.45) is 0 Å². The molecule has 104 valence electrons. The molecule has 0 spiro atoms. The molecule has 2 rings (SSSR count). The third-order valence-corrected chi connectivity index (χ3v) is 4.93. The minimum atomic E-state index is -0.158. The van der Waals surface area contributed by atoms with Crippen LogP contribution in [0.4, 0.5) is 5.69 Å². The van der Waals surface area contributed by atoms with Crippen LogP contribution >= 0.6 is 27.7 Å². The number of thioether (sulfide) groups is 1. The van der Waals surface area contributed by atoms with Gasteiger partial charge in [0.2, 0.25) is 5.91 Å². The lowest BCUT2D eigenvalue weighted by Gasteiger charge is -2.13. The standard InChI is InChI=1S/C16H16BrNOS/c1-11-6-5-7-13(10-11)18-16(19)12(2)20-15-9-4-3-8-14(15)17/h3-10,12H,1-2H3,(H,18,19). The molecular formula is C16H16BrNOS. The average molecular weight is 350 g/mol. The Morgan fingerprint density at radius 1 is 1.20 bits per heavy atom. The number of benzene rings is 2. The van der Waals surface area contributed by atoms with Gasteiger partial charge in [-0.05, 0) is 59.6 Å². The van der Waals surface area contributed by atoms with Crippen LogP contribution in [0.5, 0.6) is 0 Å². The predicted octanol–water partition coefficient (Wildman–Crippen LogP) is 4.88. The Hall–Kier alpha value is -1.26. The summed E-state index contributed by atoms with van der Waals surface area (Å²) < 4.78 is 1.01. The zero-order chi connectivity index (χ0) is 14.5. The second-order valence-electron chi connectivity index (χ2n) is 4.55. The van der Waals surface area contributed by atoms with Crippen LogP contribution in [0.15, 0.2) is 57.9 Å². The second-order valence-corrected chi connectivity index (χ2v) is 6.79. The van der Waals surface area contributed by atoms with E-state index in [4.69, 9.17) is 0 Å². The Balaban J connectivity index is 2.01. The molecule has 2 nitrogen and oxygen atoms in total. The van der Waals surface area contributed by atoms with E-state index >= 15 is 0 Å². The van der Waals surface area contributed by atoms with Gasteiger partial charge in [-0.25, -0.2) is 0 Å². The average Bonchev–Trinajstić information content (AvgIpc) is 2.41. The Bertz CT molecular complexity index is 615. The van der Waals surface area contributed by atoms with E-state index in [0.29, 0.717) is 0 Å². The third kappa shape index (κ3) is 4.12. The summed E-state index contributed by atoms with van der Waals surface area (Å²) in [5.41, 5.74) is 1.98. The van der Waals surface area contributed by atoms with E-state index in [0.717, 1.165) is 20.6 Å². The molecule has 4 heteroatoms. The first-order valence-corrected chi connectivity index (χ1v) is 8.02. The number of hydrogen-bond donors (Lipinski definition) is 1. The zero-order valence-electron chi connectivity index (χ0n) is 11.4. The number of anilines is 1. The van der Waals surface area contributed by atoms with Gasteiger partial charge in [0.15, 0.2) is 0 Å². The van der Waals surface area contributed by atoms with E-state index in [1.807, 2.05) is 62.4 Å². The predicted molar refractivity (Wildman–Crippen MR) is 89.3 cm³/mol. The van der Waals surface area contributed by atoms with Crippen LogP contribution in [0.2, 0.25) is 0 Å². The molecule has 0 aromatic heterocycles. The first kappa shape index (κ1) is 15.1. The SMILES string of the molecule is Cc1cccc(NC(=O)C(C)Sc2ccccc2Br)c1. The largest absolute Gasteiger partial charge is 0.325 e. The number of carbonyl (C=O) groups is 1. The minimum absolute atomic E-state index is 0.0105. The molecule has 0 saturated heterocycles. The van der Waals surface area contributed by atoms with Crippen molar-refractivity contribution in [3.05, 3.63) is 58.6 Å². The van der Waals surface area contributed by atoms with Crippen molar-refractivity contribution in [3.63, 3.8) is 0 Å². The molecule has 0 radical (unpaired) electrons. The van der Waals surface area contributed by atoms with Gasteiger partial charge in [-0.2, -0.15) is 0 Å². The van der Waals surface area contributed by atoms with Gasteiger partial charge < -0.3 is 5.32 Å². The number of rotatable bonds is 4. The molecule has 0 aliphatic carbocycles. The number of hydrogen-bond acceptors (Lipinski definition) is 2. The monoisotopic (exact) mass is 349 g/mol. The number of carbonyl (C=O) groups excluding carboxylic acids is 1. The molecule has 0 fully saturated rings. The Morgan fingerprint density at radius 3 is 2.65 bits per heavy atom. The molecule has 1 atom stereocenters. The summed E-state index contributed by atoms with van der Waals surface area (Å²) >= 11 is 5.04. The zero-order valence-corrected chi connectivity index (χ0v) is 13.8. The summed E-state index contributed by atoms with van der Waals surface area (Å²) in [7, 11) is 0. The Morgan fingerprint density at radius 2 is 1.95 bits per heavy atom. The lowest BCUT2D eigenvalue weighted by Crippen LogP contribution is -2.22. The van der Waals surface area contributed by atoms with Crippen LogP contribution in [0.3, 0.4) is 0 Å². The fourth-order valence-corrected chi connectivity index (χ4v) is 3.20. The van der Waals surface area contributed by atoms with Gasteiger partial charge in [0.25, 0.3) is 0 Å². The molecule has 1 amide bonds. The molecule has 1 N–H and O–H groups in total. The molecule has 0 aliphatic heterocycles. The number of nitrogens with one attached hydrogen (secondary N) is 1. The first-order valence-electron chi connectivity index (χ1n) is 6.35. The highest BCUT2D eigenvalue weighted by molar-refractivity contribution is 9.10. The Kier molecular flexibility index (Phi) is 5.26. The number of aryl methyl sites for hydroxylation is 1. The lowest BCUT2D eigenvalue weighted by atomic mass is 10.2. The Labute approximate surface area is 132 Å². The molecule has 20 heavy (non-hydrogen) atoms. The van der Waals surface area contributed by atoms with E-state index in [1.54, 1.807) is 11.8 Å². The van der Waals surface area contributed by atoms with E-state index in [1.165, 1.54) is 0 Å². The fraction of sp³-hybridized carbons (Fsp3) is 0.188. The van der Waals surface area contributed by atoms with Crippen molar-refractivity contribution in [3.8, 4) is 0 Å². The maximum Gasteiger partial charge on any atom is 0.237 e. The van der Waals surface area contributed by atoms with Crippen LogP contribution in [0.1, 0.15) is 12.5 Å². The van der Waals surface area contributed by atoms with E-state index in [9.17, 15) is 4.79 Å². The normalized spacial score (nSPS) is 11.9. The molecule has 0 heterocycles. The highest BCUT2D eigenvalue weighted by Crippen LogP contribution is 2.30. The number of amides is 1. The van der Waals surface area contributed by atoms with E-state index < -0.39 is 0 Å². The third-order valence-electron chi connectivity index (χ3n) is 2.80. The van der Waals surface area contributed by atoms with Gasteiger partial charge in [0.05, 0.1) is 5.25 Å². The van der Waals surface area contributed by atoms with Crippen molar-refractivity contribution in [2.45, 2.75) is 24.0 Å². The van der Waals surface area contributed by atoms with Crippen LogP contribution in [-0.4, -0.2) is 11.2 Å². The maximum atomic E-state index is 12.2. The minimum Gasteiger partial charge on any atom is -0.325 e. The molecular weight excluding hydrogens is 334 g/mol. The highest BCUT2D eigenvalue weighted by Gasteiger charge is 2.15. The molecule has 2 aromatic carbocycles. The fourth-order valence-electron chi connectivity index (χ4n) is 1.75. The summed E-state index contributed by atoms with van der Waals surface area (Å²) in [5, 5.41) is 2.79. The van der Waals surface area contributed by atoms with E-state index in [-0.39, 0.29) is 11.2 Å². The molecule has 2 aromatic rings. The van der Waals surface area contributed by atoms with Crippen molar-refractivity contribution >= 4 is 39.3 Å². The molecule has 0 aliphatic rings. The van der Waals surface area contributed by atoms with Crippen LogP contribution < -0.4 is 5.32 Å². The van der Waals surface area contributed by atoms with Gasteiger partial charge in [0.1, 0.15) is 0 Å². The summed E-state index contributed by atoms with van der Waals surface area (Å²) in [6.07, 6.45) is 0. The van der Waals surface area contributed by atoms with Crippen molar-refractivity contribution in [1.82, 2.24) is 0 Å². The molecule has 0 bridgehead atoms. The van der Waals surface area contributed by atoms with Crippen molar-refractivity contribution in [1.29, 1.82) is 0 Å². The summed E-state index contributed by atoms with van der Waals surface area (Å²) in [6.45, 7) is 3.92. The smallest absolute Gasteiger partial charge is 0.237 e. The van der Waals surface area contributed by atoms with Gasteiger partial charge in [-0.1, -0.05) is 24.3 Å². The van der Waals surface area contributed by atoms with Crippen LogP contribution in [0, 0.1) is 6.92 Å². The molecule has 1 unspecified atom stereocenters. The molecule has 0 saturated carbocycles. The van der Waals surface area contributed by atoms with Gasteiger partial charge >= 0.3 is 0 Å². The summed E-state index contributed by atoms with van der Waals surface area (Å²) in [4.78, 5) is 13.3. The summed E-state index contributed by atoms with van der Waals surface area (Å²) in [5.74, 6) is 0.0105. The van der Waals surface area contributed by atoms with Gasteiger partial charge in [0, 0.05) is 15.1 Å². The van der Waals surface area contributed by atoms with Crippen molar-refractivity contribution < 1.29 is 4.79 Å². The van der Waals surface area contributed by atoms with Gasteiger partial charge in [-0.15, -0.1) is 11.8 Å². The first-order chi connectivity index (χ1) is 9.56. The van der Waals surface area contributed by atoms with Gasteiger partial charge in [-0.3, -0.25) is 4.79 Å². The van der Waals surface area contributed by atoms with Crippen molar-refractivity contribution in [2.75, 3.05) is 5.32 Å². The summed E-state index contributed by atoms with van der Waals surface area (Å²) in [6, 6.07) is 15.7. The number of halogens is 1. The van der Waals surface area contributed by atoms with Crippen LogP contribution in [0.25, 0.3) is 0 Å². The second kappa shape index (κ2) is 6.95. The van der Waals surface area contributed by atoms with E-state index in [2.05, 4.69) is 21.2 Å². The quantitative estimate of drug-likeness (QED) is 0.797. The van der Waals surface area contributed by atoms with Crippen LogP contribution in [-0.2, 0) is 4.79 Å². The maximum absolute atomic E-state index is 12.2. The topological polar surface area (TPSA) is 29.1 Å². The lowest BCUT2D eigenvalue weighted by molar-refractivity contribution is -0.115.